The third-order valence-electron chi connectivity index (χ3n) is 5.72. The van der Waals surface area contributed by atoms with E-state index in [2.05, 4.69) is 15.3 Å². The molecule has 0 aliphatic heterocycles. The van der Waals surface area contributed by atoms with E-state index in [0.717, 1.165) is 5.56 Å². The lowest BCUT2D eigenvalue weighted by Crippen LogP contribution is -2.35. The number of aromatic nitrogens is 5. The second-order valence-electron chi connectivity index (χ2n) is 7.96. The molecule has 0 spiro atoms. The smallest absolute Gasteiger partial charge is 0.267 e. The standard InChI is InChI=1S/C25H23N7O2/c26-22-19(24(33)28-16-18-7-2-1-3-8-18)15-20-23(29-21-9-4-5-12-31(21)25(20)34)32(22)13-6-11-30-14-10-27-17-30/h1-5,7-10,12,14-15,17,26H,6,11,13,16H2,(H,28,33). The number of carbonyl (C=O) groups is 1. The van der Waals surface area contributed by atoms with Gasteiger partial charge in [-0.05, 0) is 30.2 Å². The normalized spacial score (nSPS) is 11.2. The molecule has 2 N–H and O–H groups in total. The van der Waals surface area contributed by atoms with Crippen LogP contribution in [0.3, 0.4) is 0 Å². The molecule has 4 heterocycles. The van der Waals surface area contributed by atoms with Gasteiger partial charge in [0.25, 0.3) is 11.5 Å². The van der Waals surface area contributed by atoms with Gasteiger partial charge in [-0.2, -0.15) is 0 Å². The van der Waals surface area contributed by atoms with Crippen molar-refractivity contribution in [2.75, 3.05) is 0 Å². The Hall–Kier alpha value is -4.53. The van der Waals surface area contributed by atoms with Crippen molar-refractivity contribution in [1.82, 2.24) is 28.8 Å². The van der Waals surface area contributed by atoms with Gasteiger partial charge in [-0.25, -0.2) is 9.97 Å². The number of carbonyl (C=O) groups excluding carboxylic acids is 1. The maximum Gasteiger partial charge on any atom is 0.267 e. The molecule has 1 amide bonds. The number of nitrogens with one attached hydrogen (secondary N) is 2. The number of hydrogen-bond donors (Lipinski definition) is 2. The summed E-state index contributed by atoms with van der Waals surface area (Å²) in [5.74, 6) is -0.406. The number of imidazole rings is 1. The molecule has 0 saturated heterocycles. The number of rotatable bonds is 7. The third-order valence-corrected chi connectivity index (χ3v) is 5.72. The van der Waals surface area contributed by atoms with E-state index in [9.17, 15) is 9.59 Å². The van der Waals surface area contributed by atoms with Gasteiger partial charge >= 0.3 is 0 Å². The average molecular weight is 454 g/mol. The van der Waals surface area contributed by atoms with E-state index in [-0.39, 0.29) is 16.6 Å². The van der Waals surface area contributed by atoms with Gasteiger partial charge in [0.05, 0.1) is 17.3 Å². The molecule has 1 aromatic carbocycles. The van der Waals surface area contributed by atoms with Crippen LogP contribution in [0.1, 0.15) is 22.3 Å². The van der Waals surface area contributed by atoms with Gasteiger partial charge in [-0.1, -0.05) is 36.4 Å². The van der Waals surface area contributed by atoms with E-state index in [4.69, 9.17) is 5.41 Å². The van der Waals surface area contributed by atoms with E-state index < -0.39 is 5.91 Å². The lowest BCUT2D eigenvalue weighted by atomic mass is 10.1. The van der Waals surface area contributed by atoms with Gasteiger partial charge in [0.2, 0.25) is 0 Å². The number of hydrogen-bond acceptors (Lipinski definition) is 5. The first kappa shape index (κ1) is 21.3. The quantitative estimate of drug-likeness (QED) is 0.369. The van der Waals surface area contributed by atoms with Crippen LogP contribution in [0.4, 0.5) is 0 Å². The van der Waals surface area contributed by atoms with Crippen LogP contribution in [0.15, 0.2) is 84.3 Å². The first-order valence-electron chi connectivity index (χ1n) is 11.0. The topological polar surface area (TPSA) is 110 Å². The van der Waals surface area contributed by atoms with Gasteiger partial charge in [0.15, 0.2) is 0 Å². The summed E-state index contributed by atoms with van der Waals surface area (Å²) in [7, 11) is 0. The van der Waals surface area contributed by atoms with Crippen molar-refractivity contribution in [2.45, 2.75) is 26.1 Å². The summed E-state index contributed by atoms with van der Waals surface area (Å²) in [6.45, 7) is 1.43. The summed E-state index contributed by atoms with van der Waals surface area (Å²) in [5, 5.41) is 12.0. The number of nitrogens with zero attached hydrogens (tertiary/aromatic N) is 5. The molecule has 9 nitrogen and oxygen atoms in total. The molecule has 5 rings (SSSR count). The molecule has 34 heavy (non-hydrogen) atoms. The Labute approximate surface area is 194 Å². The van der Waals surface area contributed by atoms with Crippen molar-refractivity contribution in [3.05, 3.63) is 106 Å². The third kappa shape index (κ3) is 4.11. The second-order valence-corrected chi connectivity index (χ2v) is 7.96. The molecule has 0 aliphatic rings. The highest BCUT2D eigenvalue weighted by molar-refractivity contribution is 5.96. The Balaban J connectivity index is 1.57. The van der Waals surface area contributed by atoms with Gasteiger partial charge in [-0.15, -0.1) is 0 Å². The Bertz CT molecular complexity index is 1590. The first-order valence-corrected chi connectivity index (χ1v) is 11.0. The minimum Gasteiger partial charge on any atom is -0.348 e. The molecule has 5 aromatic rings. The summed E-state index contributed by atoms with van der Waals surface area (Å²) in [4.78, 5) is 35.1. The molecule has 0 fully saturated rings. The summed E-state index contributed by atoms with van der Waals surface area (Å²) < 4.78 is 5.05. The SMILES string of the molecule is N=c1c(C(=O)NCc2ccccc2)cc2c(=O)n3ccccc3nc2n1CCCn1ccnc1. The molecular formula is C25H23N7O2. The van der Waals surface area contributed by atoms with Gasteiger partial charge in [0.1, 0.15) is 16.8 Å². The fraction of sp³-hybridized carbons (Fsp3) is 0.160. The monoisotopic (exact) mass is 453 g/mol. The van der Waals surface area contributed by atoms with Crippen LogP contribution in [-0.2, 0) is 19.6 Å². The Morgan fingerprint density at radius 1 is 1.03 bits per heavy atom. The highest BCUT2D eigenvalue weighted by atomic mass is 16.1. The molecule has 170 valence electrons. The zero-order valence-corrected chi connectivity index (χ0v) is 18.4. The van der Waals surface area contributed by atoms with E-state index in [1.165, 1.54) is 10.5 Å². The highest BCUT2D eigenvalue weighted by Crippen LogP contribution is 2.11. The Morgan fingerprint density at radius 2 is 1.85 bits per heavy atom. The molecule has 4 aromatic heterocycles. The van der Waals surface area contributed by atoms with Crippen LogP contribution >= 0.6 is 0 Å². The van der Waals surface area contributed by atoms with Crippen molar-refractivity contribution in [2.24, 2.45) is 0 Å². The zero-order valence-electron chi connectivity index (χ0n) is 18.4. The minimum atomic E-state index is -0.406. The fourth-order valence-corrected chi connectivity index (χ4v) is 3.98. The fourth-order valence-electron chi connectivity index (χ4n) is 3.98. The molecule has 0 aliphatic carbocycles. The number of amides is 1. The van der Waals surface area contributed by atoms with E-state index in [0.29, 0.717) is 42.7 Å². The minimum absolute atomic E-state index is 0.0240. The van der Waals surface area contributed by atoms with Gasteiger partial charge in [0, 0.05) is 38.2 Å². The lowest BCUT2D eigenvalue weighted by molar-refractivity contribution is 0.0948. The van der Waals surface area contributed by atoms with E-state index in [1.54, 1.807) is 35.4 Å². The molecular weight excluding hydrogens is 430 g/mol. The largest absolute Gasteiger partial charge is 0.348 e. The maximum atomic E-state index is 13.3. The molecule has 9 heteroatoms. The Morgan fingerprint density at radius 3 is 2.65 bits per heavy atom. The van der Waals surface area contributed by atoms with Crippen LogP contribution in [0, 0.1) is 5.41 Å². The van der Waals surface area contributed by atoms with Crippen molar-refractivity contribution in [3.8, 4) is 0 Å². The molecule has 0 bridgehead atoms. The van der Waals surface area contributed by atoms with Crippen molar-refractivity contribution in [3.63, 3.8) is 0 Å². The molecule has 0 saturated carbocycles. The zero-order chi connectivity index (χ0) is 23.5. The van der Waals surface area contributed by atoms with E-state index >= 15 is 0 Å². The first-order chi connectivity index (χ1) is 16.6. The van der Waals surface area contributed by atoms with Crippen molar-refractivity contribution >= 4 is 22.6 Å². The molecule has 0 radical (unpaired) electrons. The predicted octanol–water partition coefficient (Wildman–Crippen LogP) is 2.35. The van der Waals surface area contributed by atoms with Crippen LogP contribution < -0.4 is 16.4 Å². The molecule has 0 atom stereocenters. The summed E-state index contributed by atoms with van der Waals surface area (Å²) in [6, 6.07) is 16.4. The highest BCUT2D eigenvalue weighted by Gasteiger charge is 2.17. The van der Waals surface area contributed by atoms with E-state index in [1.807, 2.05) is 47.2 Å². The van der Waals surface area contributed by atoms with Crippen molar-refractivity contribution < 1.29 is 4.79 Å². The second kappa shape index (κ2) is 9.14. The summed E-state index contributed by atoms with van der Waals surface area (Å²) in [5.41, 5.74) is 1.72. The van der Waals surface area contributed by atoms with Crippen LogP contribution in [0.2, 0.25) is 0 Å². The van der Waals surface area contributed by atoms with Crippen LogP contribution in [0.25, 0.3) is 16.7 Å². The van der Waals surface area contributed by atoms with Crippen molar-refractivity contribution in [1.29, 1.82) is 5.41 Å². The van der Waals surface area contributed by atoms with Gasteiger partial charge in [-0.3, -0.25) is 19.4 Å². The van der Waals surface area contributed by atoms with Crippen LogP contribution in [-0.4, -0.2) is 29.4 Å². The number of fused-ring (bicyclic) bond motifs is 2. The summed E-state index contributed by atoms with van der Waals surface area (Å²) in [6.07, 6.45) is 7.64. The lowest BCUT2D eigenvalue weighted by Gasteiger charge is -2.15. The average Bonchev–Trinajstić information content (AvgIpc) is 3.38. The maximum absolute atomic E-state index is 13.3. The summed E-state index contributed by atoms with van der Waals surface area (Å²) >= 11 is 0. The number of aryl methyl sites for hydroxylation is 2. The Kier molecular flexibility index (Phi) is 5.73. The van der Waals surface area contributed by atoms with Gasteiger partial charge < -0.3 is 14.5 Å². The predicted molar refractivity (Wildman–Crippen MR) is 127 cm³/mol. The molecule has 0 unspecified atom stereocenters. The number of pyridine rings is 2. The van der Waals surface area contributed by atoms with Crippen LogP contribution in [0.5, 0.6) is 0 Å². The number of benzene rings is 1.